The van der Waals surface area contributed by atoms with Crippen LogP contribution in [0.15, 0.2) is 85.2 Å². The van der Waals surface area contributed by atoms with Gasteiger partial charge in [0.2, 0.25) is 0 Å². The molecule has 0 bridgehead atoms. The third-order valence-electron chi connectivity index (χ3n) is 7.12. The number of rotatable bonds is 5. The third-order valence-corrected chi connectivity index (χ3v) is 7.12. The fourth-order valence-electron chi connectivity index (χ4n) is 4.85. The van der Waals surface area contributed by atoms with Gasteiger partial charge in [-0.1, -0.05) is 74.0 Å². The second kappa shape index (κ2) is 11.1. The molecule has 0 aliphatic heterocycles. The minimum absolute atomic E-state index is 0.489. The van der Waals surface area contributed by atoms with Crippen molar-refractivity contribution in [3.63, 3.8) is 0 Å². The number of anilines is 2. The van der Waals surface area contributed by atoms with Crippen LogP contribution in [0.2, 0.25) is 0 Å². The molecular formula is C34H32N6. The Morgan fingerprint density at radius 1 is 0.725 bits per heavy atom. The molecule has 1 fully saturated rings. The monoisotopic (exact) mass is 524 g/mol. The smallest absolute Gasteiger partial charge is 0.150 e. The summed E-state index contributed by atoms with van der Waals surface area (Å²) in [6, 6.07) is 20.4. The van der Waals surface area contributed by atoms with Crippen LogP contribution in [0.5, 0.6) is 0 Å². The lowest BCUT2D eigenvalue weighted by molar-refractivity contribution is 0.962. The number of aromatic nitrogens is 4. The van der Waals surface area contributed by atoms with Crippen LogP contribution >= 0.6 is 0 Å². The van der Waals surface area contributed by atoms with Crippen LogP contribution in [-0.2, 0) is 0 Å². The summed E-state index contributed by atoms with van der Waals surface area (Å²) in [5.41, 5.74) is 17.6. The minimum atomic E-state index is 0.489. The van der Waals surface area contributed by atoms with Gasteiger partial charge in [0.15, 0.2) is 11.6 Å². The van der Waals surface area contributed by atoms with Crippen LogP contribution in [0.25, 0.3) is 55.8 Å². The number of pyridine rings is 4. The van der Waals surface area contributed by atoms with E-state index >= 15 is 0 Å². The molecule has 6 nitrogen and oxygen atoms in total. The molecule has 6 heteroatoms. The Bertz CT molecular complexity index is 1900. The second-order valence-corrected chi connectivity index (χ2v) is 10.2. The predicted molar refractivity (Wildman–Crippen MR) is 169 cm³/mol. The van der Waals surface area contributed by atoms with Gasteiger partial charge in [0, 0.05) is 33.9 Å². The molecule has 40 heavy (non-hydrogen) atoms. The van der Waals surface area contributed by atoms with E-state index in [1.807, 2.05) is 48.8 Å². The zero-order valence-corrected chi connectivity index (χ0v) is 22.6. The fraction of sp³-hybridized carbons (Fsp3) is 0.176. The maximum Gasteiger partial charge on any atom is 0.150 e. The normalized spacial score (nSPS) is 13.5. The summed E-state index contributed by atoms with van der Waals surface area (Å²) in [6.07, 6.45) is 17.3. The molecule has 0 unspecified atom stereocenters. The lowest BCUT2D eigenvalue weighted by Crippen LogP contribution is -1.95. The van der Waals surface area contributed by atoms with Gasteiger partial charge in [-0.25, -0.2) is 9.97 Å². The van der Waals surface area contributed by atoms with Crippen LogP contribution in [0.4, 0.5) is 11.6 Å². The van der Waals surface area contributed by atoms with Gasteiger partial charge in [-0.05, 0) is 60.6 Å². The predicted octanol–water partition coefficient (Wildman–Crippen LogP) is 7.97. The molecule has 0 radical (unpaired) electrons. The summed E-state index contributed by atoms with van der Waals surface area (Å²) >= 11 is 0. The van der Waals surface area contributed by atoms with Crippen molar-refractivity contribution in [2.75, 3.05) is 11.5 Å². The Labute approximate surface area is 233 Å². The number of allylic oxidation sites excluding steroid dienone is 2. The maximum atomic E-state index is 6.01. The zero-order valence-electron chi connectivity index (χ0n) is 22.6. The molecule has 0 amide bonds. The van der Waals surface area contributed by atoms with E-state index in [0.717, 1.165) is 73.5 Å². The number of nitrogens with zero attached hydrogens (tertiary/aromatic N) is 4. The number of fused-ring (bicyclic) bond motifs is 6. The van der Waals surface area contributed by atoms with E-state index in [0.29, 0.717) is 11.6 Å². The Hall–Kier alpha value is -4.84. The summed E-state index contributed by atoms with van der Waals surface area (Å²) in [7, 11) is 0. The summed E-state index contributed by atoms with van der Waals surface area (Å²) in [5, 5.41) is 4.33. The Balaban J connectivity index is 0.000000145. The van der Waals surface area contributed by atoms with Crippen molar-refractivity contribution in [2.45, 2.75) is 32.6 Å². The first-order chi connectivity index (χ1) is 19.6. The highest BCUT2D eigenvalue weighted by Gasteiger charge is 2.17. The highest BCUT2D eigenvalue weighted by atomic mass is 14.9. The quantitative estimate of drug-likeness (QED) is 0.222. The zero-order chi connectivity index (χ0) is 27.5. The van der Waals surface area contributed by atoms with Crippen molar-refractivity contribution < 1.29 is 0 Å². The van der Waals surface area contributed by atoms with Crippen molar-refractivity contribution in [1.29, 1.82) is 0 Å². The van der Waals surface area contributed by atoms with Crippen molar-refractivity contribution >= 4 is 67.4 Å². The molecule has 6 aromatic rings. The Morgan fingerprint density at radius 2 is 1.25 bits per heavy atom. The summed E-state index contributed by atoms with van der Waals surface area (Å²) < 4.78 is 0. The minimum Gasteiger partial charge on any atom is -0.382 e. The molecule has 198 valence electrons. The fourth-order valence-corrected chi connectivity index (χ4v) is 4.85. The van der Waals surface area contributed by atoms with E-state index in [4.69, 9.17) is 11.5 Å². The SMILES string of the molecule is CCC/C=C/c1cnc2c(N)nc3ccccc3c2c1.Nc1nc2ccccc2c2cc(/C=C/C3CC3)cnc12. The highest BCUT2D eigenvalue weighted by molar-refractivity contribution is 6.09. The highest BCUT2D eigenvalue weighted by Crippen LogP contribution is 2.32. The second-order valence-electron chi connectivity index (χ2n) is 10.2. The van der Waals surface area contributed by atoms with Gasteiger partial charge in [-0.2, -0.15) is 0 Å². The average Bonchev–Trinajstić information content (AvgIpc) is 3.81. The van der Waals surface area contributed by atoms with Crippen LogP contribution in [0.1, 0.15) is 43.7 Å². The number of hydrogen-bond donors (Lipinski definition) is 2. The van der Waals surface area contributed by atoms with Crippen molar-refractivity contribution in [3.8, 4) is 0 Å². The summed E-state index contributed by atoms with van der Waals surface area (Å²) in [4.78, 5) is 17.8. The van der Waals surface area contributed by atoms with Gasteiger partial charge in [0.05, 0.1) is 11.0 Å². The first-order valence-corrected chi connectivity index (χ1v) is 13.8. The lowest BCUT2D eigenvalue weighted by atomic mass is 10.1. The van der Waals surface area contributed by atoms with E-state index in [9.17, 15) is 0 Å². The summed E-state index contributed by atoms with van der Waals surface area (Å²) in [6.45, 7) is 2.17. The van der Waals surface area contributed by atoms with Crippen molar-refractivity contribution in [2.24, 2.45) is 5.92 Å². The van der Waals surface area contributed by atoms with Crippen LogP contribution in [0, 0.1) is 5.92 Å². The first kappa shape index (κ1) is 25.4. The maximum absolute atomic E-state index is 6.01. The van der Waals surface area contributed by atoms with E-state index in [1.54, 1.807) is 0 Å². The lowest BCUT2D eigenvalue weighted by Gasteiger charge is -2.06. The topological polar surface area (TPSA) is 104 Å². The molecule has 4 aromatic heterocycles. The van der Waals surface area contributed by atoms with E-state index in [1.165, 1.54) is 12.8 Å². The van der Waals surface area contributed by atoms with Gasteiger partial charge in [-0.15, -0.1) is 0 Å². The van der Waals surface area contributed by atoms with E-state index < -0.39 is 0 Å². The van der Waals surface area contributed by atoms with Crippen molar-refractivity contribution in [1.82, 2.24) is 19.9 Å². The molecule has 0 atom stereocenters. The number of nitrogens with two attached hydrogens (primary N) is 2. The van der Waals surface area contributed by atoms with Crippen LogP contribution in [0.3, 0.4) is 0 Å². The average molecular weight is 525 g/mol. The van der Waals surface area contributed by atoms with E-state index in [2.05, 4.69) is 75.4 Å². The molecular weight excluding hydrogens is 492 g/mol. The van der Waals surface area contributed by atoms with Crippen LogP contribution in [-0.4, -0.2) is 19.9 Å². The van der Waals surface area contributed by atoms with Gasteiger partial charge >= 0.3 is 0 Å². The Kier molecular flexibility index (Phi) is 7.06. The van der Waals surface area contributed by atoms with Crippen LogP contribution < -0.4 is 11.5 Å². The van der Waals surface area contributed by atoms with Gasteiger partial charge in [-0.3, -0.25) is 9.97 Å². The van der Waals surface area contributed by atoms with Gasteiger partial charge in [0.25, 0.3) is 0 Å². The number of benzene rings is 2. The van der Waals surface area contributed by atoms with Crippen molar-refractivity contribution in [3.05, 3.63) is 96.3 Å². The number of hydrogen-bond acceptors (Lipinski definition) is 6. The number of unbranched alkanes of at least 4 members (excludes halogenated alkanes) is 1. The molecule has 1 saturated carbocycles. The standard InChI is InChI=1S/C17H15N3.C17H17N3/c18-17-16-14(13-3-1-2-4-15(13)20-17)9-12(10-19-16)8-7-11-5-6-11;1-2-3-4-7-12-10-14-13-8-5-6-9-15(13)20-17(18)16(14)19-11-12/h1-4,7-11H,5-6H2,(H2,18,20);4-11H,2-3H2,1H3,(H2,18,20)/b8-7+;7-4+. The molecule has 1 aliphatic rings. The largest absolute Gasteiger partial charge is 0.382 e. The first-order valence-electron chi connectivity index (χ1n) is 13.8. The molecule has 0 spiro atoms. The number of nitrogen functional groups attached to an aromatic ring is 2. The number of para-hydroxylation sites is 2. The van der Waals surface area contributed by atoms with E-state index in [-0.39, 0.29) is 0 Å². The molecule has 2 aromatic carbocycles. The molecule has 4 heterocycles. The Morgan fingerprint density at radius 3 is 1.77 bits per heavy atom. The molecule has 4 N–H and O–H groups in total. The molecule has 0 saturated heterocycles. The van der Waals surface area contributed by atoms with Gasteiger partial charge < -0.3 is 11.5 Å². The third kappa shape index (κ3) is 5.34. The molecule has 1 aliphatic carbocycles. The summed E-state index contributed by atoms with van der Waals surface area (Å²) in [5.74, 6) is 1.75. The molecule has 7 rings (SSSR count). The van der Waals surface area contributed by atoms with Gasteiger partial charge in [0.1, 0.15) is 11.0 Å².